The third-order valence-corrected chi connectivity index (χ3v) is 2.81. The number of benzene rings is 1. The van der Waals surface area contributed by atoms with Crippen LogP contribution in [0.4, 0.5) is 0 Å². The van der Waals surface area contributed by atoms with Gasteiger partial charge >= 0.3 is 0 Å². The third kappa shape index (κ3) is 2.92. The number of thioether (sulfide) groups is 1. The first-order chi connectivity index (χ1) is 5.84. The molecule has 0 aromatic heterocycles. The third-order valence-electron chi connectivity index (χ3n) is 1.45. The lowest BCUT2D eigenvalue weighted by molar-refractivity contribution is 1.41. The monoisotopic (exact) mass is 198 g/mol. The van der Waals surface area contributed by atoms with Crippen LogP contribution in [0, 0.1) is 0 Å². The van der Waals surface area contributed by atoms with Crippen molar-refractivity contribution in [1.82, 2.24) is 0 Å². The molecule has 0 unspecified atom stereocenters. The van der Waals surface area contributed by atoms with Gasteiger partial charge in [-0.05, 0) is 11.6 Å². The maximum absolute atomic E-state index is 5.96. The lowest BCUT2D eigenvalue weighted by Gasteiger charge is -2.01. The molecule has 1 rings (SSSR count). The van der Waals surface area contributed by atoms with Crippen molar-refractivity contribution in [1.29, 1.82) is 0 Å². The summed E-state index contributed by atoms with van der Waals surface area (Å²) in [5.41, 5.74) is 1.20. The molecule has 0 aliphatic rings. The molecule has 0 fully saturated rings. The predicted octanol–water partition coefficient (Wildman–Crippen LogP) is 3.76. The smallest absolute Gasteiger partial charge is 0.0446 e. The maximum Gasteiger partial charge on any atom is 0.0446 e. The first kappa shape index (κ1) is 9.69. The molecule has 12 heavy (non-hydrogen) atoms. The SMILES string of the molecule is C=CCSCc1ccccc1Cl. The van der Waals surface area contributed by atoms with Crippen molar-refractivity contribution in [3.8, 4) is 0 Å². The van der Waals surface area contributed by atoms with Gasteiger partial charge in [0.2, 0.25) is 0 Å². The fourth-order valence-electron chi connectivity index (χ4n) is 0.868. The van der Waals surface area contributed by atoms with E-state index in [1.54, 1.807) is 0 Å². The molecule has 1 aromatic carbocycles. The summed E-state index contributed by atoms with van der Waals surface area (Å²) in [7, 11) is 0. The van der Waals surface area contributed by atoms with Crippen LogP contribution < -0.4 is 0 Å². The Balaban J connectivity index is 2.51. The molecule has 0 atom stereocenters. The van der Waals surface area contributed by atoms with Gasteiger partial charge in [0.1, 0.15) is 0 Å². The fourth-order valence-corrected chi connectivity index (χ4v) is 1.91. The minimum atomic E-state index is 0.856. The van der Waals surface area contributed by atoms with Gasteiger partial charge in [0.15, 0.2) is 0 Å². The zero-order chi connectivity index (χ0) is 8.81. The molecule has 0 spiro atoms. The van der Waals surface area contributed by atoms with Gasteiger partial charge in [-0.1, -0.05) is 35.9 Å². The zero-order valence-corrected chi connectivity index (χ0v) is 8.37. The number of rotatable bonds is 4. The molecular weight excluding hydrogens is 188 g/mol. The molecule has 0 heterocycles. The molecule has 0 aliphatic carbocycles. The Morgan fingerprint density at radius 2 is 2.17 bits per heavy atom. The highest BCUT2D eigenvalue weighted by molar-refractivity contribution is 7.98. The fraction of sp³-hybridized carbons (Fsp3) is 0.200. The summed E-state index contributed by atoms with van der Waals surface area (Å²) in [6.07, 6.45) is 1.90. The molecule has 0 amide bonds. The van der Waals surface area contributed by atoms with Gasteiger partial charge in [-0.15, -0.1) is 6.58 Å². The van der Waals surface area contributed by atoms with E-state index in [4.69, 9.17) is 11.6 Å². The van der Waals surface area contributed by atoms with Crippen LogP contribution in [0.15, 0.2) is 36.9 Å². The molecule has 0 saturated heterocycles. The Morgan fingerprint density at radius 3 is 2.83 bits per heavy atom. The Bertz CT molecular complexity index is 258. The second kappa shape index (κ2) is 5.28. The van der Waals surface area contributed by atoms with E-state index in [1.807, 2.05) is 36.0 Å². The van der Waals surface area contributed by atoms with Gasteiger partial charge in [-0.3, -0.25) is 0 Å². The van der Waals surface area contributed by atoms with Crippen molar-refractivity contribution in [2.45, 2.75) is 5.75 Å². The van der Waals surface area contributed by atoms with Crippen LogP contribution in [0.5, 0.6) is 0 Å². The van der Waals surface area contributed by atoms with Crippen LogP contribution in [0.2, 0.25) is 5.02 Å². The van der Waals surface area contributed by atoms with Gasteiger partial charge in [0.05, 0.1) is 0 Å². The topological polar surface area (TPSA) is 0 Å². The van der Waals surface area contributed by atoms with Crippen LogP contribution >= 0.6 is 23.4 Å². The summed E-state index contributed by atoms with van der Waals surface area (Å²) in [5.74, 6) is 1.94. The first-order valence-corrected chi connectivity index (χ1v) is 5.30. The van der Waals surface area contributed by atoms with Crippen LogP contribution in [0.3, 0.4) is 0 Å². The summed E-state index contributed by atoms with van der Waals surface area (Å²) in [5, 5.41) is 0.856. The van der Waals surface area contributed by atoms with E-state index in [0.29, 0.717) is 0 Å². The van der Waals surface area contributed by atoms with E-state index in [9.17, 15) is 0 Å². The molecule has 0 saturated carbocycles. The van der Waals surface area contributed by atoms with E-state index in [1.165, 1.54) is 5.56 Å². The van der Waals surface area contributed by atoms with E-state index in [2.05, 4.69) is 12.6 Å². The van der Waals surface area contributed by atoms with Crippen molar-refractivity contribution in [3.63, 3.8) is 0 Å². The Morgan fingerprint density at radius 1 is 1.42 bits per heavy atom. The molecule has 1 aromatic rings. The van der Waals surface area contributed by atoms with Gasteiger partial charge < -0.3 is 0 Å². The average molecular weight is 199 g/mol. The molecule has 0 aliphatic heterocycles. The standard InChI is InChI=1S/C10H11ClS/c1-2-7-12-8-9-5-3-4-6-10(9)11/h2-6H,1,7-8H2. The van der Waals surface area contributed by atoms with Crippen LogP contribution in [-0.2, 0) is 5.75 Å². The van der Waals surface area contributed by atoms with E-state index in [-0.39, 0.29) is 0 Å². The summed E-state index contributed by atoms with van der Waals surface area (Å²) in [4.78, 5) is 0. The zero-order valence-electron chi connectivity index (χ0n) is 6.79. The van der Waals surface area contributed by atoms with Crippen LogP contribution in [-0.4, -0.2) is 5.75 Å². The van der Waals surface area contributed by atoms with Crippen molar-refractivity contribution in [2.24, 2.45) is 0 Å². The normalized spacial score (nSPS) is 9.75. The van der Waals surface area contributed by atoms with E-state index < -0.39 is 0 Å². The molecular formula is C10H11ClS. The number of halogens is 1. The van der Waals surface area contributed by atoms with Crippen LogP contribution in [0.25, 0.3) is 0 Å². The van der Waals surface area contributed by atoms with Crippen molar-refractivity contribution in [2.75, 3.05) is 5.75 Å². The van der Waals surface area contributed by atoms with E-state index >= 15 is 0 Å². The minimum absolute atomic E-state index is 0.856. The largest absolute Gasteiger partial charge is 0.153 e. The molecule has 0 nitrogen and oxygen atoms in total. The summed E-state index contributed by atoms with van der Waals surface area (Å²) >= 11 is 7.78. The molecule has 2 heteroatoms. The second-order valence-electron chi connectivity index (χ2n) is 2.40. The van der Waals surface area contributed by atoms with E-state index in [0.717, 1.165) is 16.5 Å². The van der Waals surface area contributed by atoms with Crippen molar-refractivity contribution in [3.05, 3.63) is 47.5 Å². The number of hydrogen-bond acceptors (Lipinski definition) is 1. The molecule has 0 radical (unpaired) electrons. The Kier molecular flexibility index (Phi) is 4.26. The summed E-state index contributed by atoms with van der Waals surface area (Å²) in [6.45, 7) is 3.66. The average Bonchev–Trinajstić information content (AvgIpc) is 2.09. The van der Waals surface area contributed by atoms with Crippen molar-refractivity contribution >= 4 is 23.4 Å². The highest BCUT2D eigenvalue weighted by Crippen LogP contribution is 2.20. The summed E-state index contributed by atoms with van der Waals surface area (Å²) < 4.78 is 0. The first-order valence-electron chi connectivity index (χ1n) is 3.76. The predicted molar refractivity (Wildman–Crippen MR) is 57.8 cm³/mol. The number of hydrogen-bond donors (Lipinski definition) is 0. The second-order valence-corrected chi connectivity index (χ2v) is 3.83. The molecule has 64 valence electrons. The minimum Gasteiger partial charge on any atom is -0.153 e. The van der Waals surface area contributed by atoms with Crippen LogP contribution in [0.1, 0.15) is 5.56 Å². The maximum atomic E-state index is 5.96. The molecule has 0 N–H and O–H groups in total. The molecule has 0 bridgehead atoms. The Labute approximate surface area is 82.6 Å². The Hall–Kier alpha value is -0.400. The van der Waals surface area contributed by atoms with Crippen molar-refractivity contribution < 1.29 is 0 Å². The lowest BCUT2D eigenvalue weighted by atomic mass is 10.2. The van der Waals surface area contributed by atoms with Gasteiger partial charge in [-0.25, -0.2) is 0 Å². The highest BCUT2D eigenvalue weighted by atomic mass is 35.5. The van der Waals surface area contributed by atoms with Gasteiger partial charge in [-0.2, -0.15) is 11.8 Å². The summed E-state index contributed by atoms with van der Waals surface area (Å²) in [6, 6.07) is 7.93. The lowest BCUT2D eigenvalue weighted by Crippen LogP contribution is -1.81. The quantitative estimate of drug-likeness (QED) is 0.525. The van der Waals surface area contributed by atoms with Gasteiger partial charge in [0, 0.05) is 16.5 Å². The van der Waals surface area contributed by atoms with Gasteiger partial charge in [0.25, 0.3) is 0 Å². The highest BCUT2D eigenvalue weighted by Gasteiger charge is 1.96.